The van der Waals surface area contributed by atoms with Gasteiger partial charge in [0.05, 0.1) is 0 Å². The third kappa shape index (κ3) is 6.15. The fourth-order valence-electron chi connectivity index (χ4n) is 10.8. The molecule has 14 rings (SSSR count). The van der Waals surface area contributed by atoms with Gasteiger partial charge >= 0.3 is 0 Å². The van der Waals surface area contributed by atoms with Crippen molar-refractivity contribution >= 4 is 80.3 Å². The normalized spacial score (nSPS) is 13.1. The number of hydrogen-bond donors (Lipinski definition) is 0. The van der Waals surface area contributed by atoms with E-state index in [1.54, 1.807) is 0 Å². The number of nitrogens with zero attached hydrogens (tertiary/aromatic N) is 2. The Kier molecular flexibility index (Phi) is 8.68. The molecule has 0 N–H and O–H groups in total. The van der Waals surface area contributed by atoms with E-state index in [9.17, 15) is 0 Å². The minimum absolute atomic E-state index is 0.0708. The summed E-state index contributed by atoms with van der Waals surface area (Å²) < 4.78 is 26.4. The van der Waals surface area contributed by atoms with E-state index in [0.29, 0.717) is 0 Å². The SMILES string of the molecule is c1cc(Oc2cccc(N3c4ccccc4B4c5ccccc5Oc5cccc3c54)c2)cc(-c2cccc(Oc3cccc(N4c5ccccc5B5c6ccccc6Oc6cccc4c65)c3)c2)c1. The van der Waals surface area contributed by atoms with Crippen molar-refractivity contribution in [3.63, 3.8) is 0 Å². The summed E-state index contributed by atoms with van der Waals surface area (Å²) in [5, 5.41) is 0. The Hall–Kier alpha value is -8.87. The number of hydrogen-bond acceptors (Lipinski definition) is 6. The third-order valence-corrected chi connectivity index (χ3v) is 13.6. The average Bonchev–Trinajstić information content (AvgIpc) is 3.39. The lowest BCUT2D eigenvalue weighted by Crippen LogP contribution is -2.59. The summed E-state index contributed by atoms with van der Waals surface area (Å²) in [6, 6.07) is 79.9. The molecule has 0 radical (unpaired) electrons. The first-order valence-electron chi connectivity index (χ1n) is 23.0. The van der Waals surface area contributed by atoms with Crippen LogP contribution in [-0.4, -0.2) is 13.4 Å². The molecular weight excluding hydrogens is 834 g/mol. The van der Waals surface area contributed by atoms with Crippen LogP contribution in [0.5, 0.6) is 46.0 Å². The second-order valence-electron chi connectivity index (χ2n) is 17.6. The Morgan fingerprint density at radius 3 is 1.12 bits per heavy atom. The summed E-state index contributed by atoms with van der Waals surface area (Å²) in [5.74, 6) is 6.54. The van der Waals surface area contributed by atoms with Crippen molar-refractivity contribution in [1.29, 1.82) is 0 Å². The van der Waals surface area contributed by atoms with Crippen LogP contribution >= 0.6 is 0 Å². The standard InChI is InChI=1S/C60H38B2N2O4/c1-5-27-51-47(23-1)61-49-25-3-7-31-55(49)67-57-33-13-29-53(59(57)61)63(51)41-17-11-21-45(37-41)65-43-19-9-15-39(35-43)40-16-10-20-44(36-40)66-46-22-12-18-42(38-46)64-52-28-6-2-24-48(52)62-50-26-4-8-32-56(50)68-58-34-14-30-54(64)60(58)62/h1-38H. The zero-order valence-corrected chi connectivity index (χ0v) is 36.6. The molecule has 0 spiro atoms. The van der Waals surface area contributed by atoms with Crippen molar-refractivity contribution in [2.75, 3.05) is 9.80 Å². The van der Waals surface area contributed by atoms with E-state index in [0.717, 1.165) is 91.2 Å². The summed E-state index contributed by atoms with van der Waals surface area (Å²) >= 11 is 0. The second kappa shape index (κ2) is 15.4. The van der Waals surface area contributed by atoms with Gasteiger partial charge in [-0.3, -0.25) is 0 Å². The highest BCUT2D eigenvalue weighted by Crippen LogP contribution is 2.44. The van der Waals surface area contributed by atoms with Crippen LogP contribution in [0.25, 0.3) is 11.1 Å². The molecule has 0 fully saturated rings. The lowest BCUT2D eigenvalue weighted by molar-refractivity contribution is 0.482. The molecule has 68 heavy (non-hydrogen) atoms. The van der Waals surface area contributed by atoms with Gasteiger partial charge in [0.15, 0.2) is 0 Å². The molecule has 0 atom stereocenters. The van der Waals surface area contributed by atoms with Gasteiger partial charge in [0.2, 0.25) is 0 Å². The predicted octanol–water partition coefficient (Wildman–Crippen LogP) is 11.7. The van der Waals surface area contributed by atoms with Gasteiger partial charge < -0.3 is 28.7 Å². The summed E-state index contributed by atoms with van der Waals surface area (Å²) in [7, 11) is 0. The third-order valence-electron chi connectivity index (χ3n) is 13.6. The lowest BCUT2D eigenvalue weighted by Gasteiger charge is -2.39. The summed E-state index contributed by atoms with van der Waals surface area (Å²) in [5.41, 5.74) is 15.7. The fourth-order valence-corrected chi connectivity index (χ4v) is 10.8. The zero-order chi connectivity index (χ0) is 44.7. The van der Waals surface area contributed by atoms with Crippen LogP contribution in [0.1, 0.15) is 0 Å². The Morgan fingerprint density at radius 2 is 0.647 bits per heavy atom. The molecule has 4 aliphatic rings. The van der Waals surface area contributed by atoms with E-state index < -0.39 is 0 Å². The first kappa shape index (κ1) is 38.4. The number of rotatable bonds is 7. The van der Waals surface area contributed by atoms with E-state index in [4.69, 9.17) is 18.9 Å². The van der Waals surface area contributed by atoms with Crippen molar-refractivity contribution in [1.82, 2.24) is 0 Å². The summed E-state index contributed by atoms with van der Waals surface area (Å²) in [4.78, 5) is 4.66. The number of fused-ring (bicyclic) bond motifs is 8. The largest absolute Gasteiger partial charge is 0.458 e. The summed E-state index contributed by atoms with van der Waals surface area (Å²) in [6.45, 7) is 0.142. The first-order valence-corrected chi connectivity index (χ1v) is 23.0. The molecule has 10 aromatic carbocycles. The highest BCUT2D eigenvalue weighted by Gasteiger charge is 2.43. The van der Waals surface area contributed by atoms with Gasteiger partial charge in [0, 0.05) is 46.3 Å². The summed E-state index contributed by atoms with van der Waals surface area (Å²) in [6.07, 6.45) is 0. The van der Waals surface area contributed by atoms with Gasteiger partial charge in [-0.05, 0) is 141 Å². The van der Waals surface area contributed by atoms with Crippen molar-refractivity contribution in [3.8, 4) is 57.1 Å². The fraction of sp³-hybridized carbons (Fsp3) is 0. The number of benzene rings is 10. The molecule has 0 aliphatic carbocycles. The van der Waals surface area contributed by atoms with Gasteiger partial charge in [-0.2, -0.15) is 0 Å². The average molecular weight is 873 g/mol. The molecule has 0 amide bonds. The Balaban J connectivity index is 0.744. The van der Waals surface area contributed by atoms with Gasteiger partial charge in [-0.25, -0.2) is 0 Å². The van der Waals surface area contributed by atoms with Crippen LogP contribution < -0.4 is 61.5 Å². The smallest absolute Gasteiger partial charge is 0.256 e. The first-order chi connectivity index (χ1) is 33.7. The van der Waals surface area contributed by atoms with Crippen LogP contribution in [0, 0.1) is 0 Å². The molecule has 318 valence electrons. The van der Waals surface area contributed by atoms with Gasteiger partial charge in [0.25, 0.3) is 13.4 Å². The van der Waals surface area contributed by atoms with E-state index in [-0.39, 0.29) is 13.4 Å². The van der Waals surface area contributed by atoms with E-state index >= 15 is 0 Å². The molecule has 0 saturated heterocycles. The molecule has 0 unspecified atom stereocenters. The molecule has 0 bridgehead atoms. The number of ether oxygens (including phenoxy) is 4. The topological polar surface area (TPSA) is 43.4 Å². The zero-order valence-electron chi connectivity index (χ0n) is 36.6. The van der Waals surface area contributed by atoms with Crippen molar-refractivity contribution in [3.05, 3.63) is 231 Å². The highest BCUT2D eigenvalue weighted by atomic mass is 16.5. The van der Waals surface area contributed by atoms with Gasteiger partial charge in [-0.15, -0.1) is 0 Å². The van der Waals surface area contributed by atoms with Gasteiger partial charge in [0.1, 0.15) is 46.0 Å². The predicted molar refractivity (Wildman–Crippen MR) is 277 cm³/mol. The van der Waals surface area contributed by atoms with Gasteiger partial charge in [-0.1, -0.05) is 121 Å². The lowest BCUT2D eigenvalue weighted by atomic mass is 9.34. The Morgan fingerprint density at radius 1 is 0.294 bits per heavy atom. The maximum Gasteiger partial charge on any atom is 0.256 e. The van der Waals surface area contributed by atoms with Crippen LogP contribution in [0.2, 0.25) is 0 Å². The second-order valence-corrected chi connectivity index (χ2v) is 17.6. The van der Waals surface area contributed by atoms with Crippen LogP contribution in [0.15, 0.2) is 231 Å². The van der Waals surface area contributed by atoms with Crippen LogP contribution in [0.3, 0.4) is 0 Å². The molecule has 6 nitrogen and oxygen atoms in total. The maximum absolute atomic E-state index is 6.67. The molecule has 10 aromatic rings. The van der Waals surface area contributed by atoms with Crippen LogP contribution in [-0.2, 0) is 0 Å². The van der Waals surface area contributed by atoms with E-state index in [1.165, 1.54) is 32.8 Å². The minimum Gasteiger partial charge on any atom is -0.458 e. The molecule has 4 heterocycles. The quantitative estimate of drug-likeness (QED) is 0.149. The maximum atomic E-state index is 6.67. The number of para-hydroxylation sites is 4. The molecule has 8 heteroatoms. The van der Waals surface area contributed by atoms with E-state index in [1.807, 2.05) is 48.5 Å². The van der Waals surface area contributed by atoms with Crippen molar-refractivity contribution < 1.29 is 18.9 Å². The van der Waals surface area contributed by atoms with Crippen LogP contribution in [0.4, 0.5) is 34.1 Å². The molecule has 4 aliphatic heterocycles. The van der Waals surface area contributed by atoms with Crippen molar-refractivity contribution in [2.24, 2.45) is 0 Å². The monoisotopic (exact) mass is 872 g/mol. The Labute approximate surface area is 395 Å². The number of anilines is 6. The molecular formula is C60H38B2N2O4. The van der Waals surface area contributed by atoms with E-state index in [2.05, 4.69) is 192 Å². The molecule has 0 aromatic heterocycles. The highest BCUT2D eigenvalue weighted by molar-refractivity contribution is 7.00. The minimum atomic E-state index is 0.0708. The molecule has 0 saturated carbocycles. The Bertz CT molecular complexity index is 3430. The van der Waals surface area contributed by atoms with Crippen molar-refractivity contribution in [2.45, 2.75) is 0 Å².